The molecule has 1 aliphatic rings. The van der Waals surface area contributed by atoms with Gasteiger partial charge < -0.3 is 10.5 Å². The normalized spacial score (nSPS) is 25.2. The lowest BCUT2D eigenvalue weighted by Crippen LogP contribution is -2.21. The summed E-state index contributed by atoms with van der Waals surface area (Å²) in [6.07, 6.45) is 5.60. The molecule has 1 aliphatic carbocycles. The average Bonchev–Trinajstić information content (AvgIpc) is 2.45. The fraction of sp³-hybridized carbons (Fsp3) is 0.647. The van der Waals surface area contributed by atoms with E-state index in [2.05, 4.69) is 38.1 Å². The Bertz CT molecular complexity index is 373. The first-order valence-corrected chi connectivity index (χ1v) is 7.59. The van der Waals surface area contributed by atoms with E-state index in [4.69, 9.17) is 10.5 Å². The molecule has 1 saturated carbocycles. The van der Waals surface area contributed by atoms with Crippen LogP contribution in [0.5, 0.6) is 0 Å². The lowest BCUT2D eigenvalue weighted by atomic mass is 9.89. The van der Waals surface area contributed by atoms with Crippen molar-refractivity contribution >= 4 is 0 Å². The number of hydrogen-bond acceptors (Lipinski definition) is 2. The van der Waals surface area contributed by atoms with Crippen LogP contribution >= 0.6 is 0 Å². The molecule has 0 saturated heterocycles. The zero-order valence-electron chi connectivity index (χ0n) is 12.3. The van der Waals surface area contributed by atoms with Crippen LogP contribution < -0.4 is 5.73 Å². The average molecular weight is 261 g/mol. The highest BCUT2D eigenvalue weighted by Gasteiger charge is 2.19. The summed E-state index contributed by atoms with van der Waals surface area (Å²) in [4.78, 5) is 0. The van der Waals surface area contributed by atoms with Crippen LogP contribution in [-0.2, 0) is 11.3 Å². The van der Waals surface area contributed by atoms with Gasteiger partial charge in [0, 0.05) is 0 Å². The Kier molecular flexibility index (Phi) is 5.41. The van der Waals surface area contributed by atoms with E-state index in [-0.39, 0.29) is 0 Å². The van der Waals surface area contributed by atoms with Gasteiger partial charge in [-0.3, -0.25) is 0 Å². The summed E-state index contributed by atoms with van der Waals surface area (Å²) in [7, 11) is 0. The molecule has 0 aliphatic heterocycles. The van der Waals surface area contributed by atoms with Crippen molar-refractivity contribution in [1.29, 1.82) is 0 Å². The molecule has 1 aromatic rings. The van der Waals surface area contributed by atoms with E-state index in [1.807, 2.05) is 0 Å². The summed E-state index contributed by atoms with van der Waals surface area (Å²) in [6.45, 7) is 5.94. The van der Waals surface area contributed by atoms with Gasteiger partial charge in [0.2, 0.25) is 0 Å². The fourth-order valence-electron chi connectivity index (χ4n) is 2.82. The number of hydrogen-bond donors (Lipinski definition) is 1. The molecule has 1 aromatic carbocycles. The number of benzene rings is 1. The molecule has 106 valence electrons. The van der Waals surface area contributed by atoms with Crippen LogP contribution in [-0.4, -0.2) is 12.6 Å². The Balaban J connectivity index is 1.82. The lowest BCUT2D eigenvalue weighted by Gasteiger charge is -2.26. The molecule has 2 N–H and O–H groups in total. The maximum absolute atomic E-state index is 6.04. The van der Waals surface area contributed by atoms with E-state index < -0.39 is 0 Å². The largest absolute Gasteiger partial charge is 0.374 e. The van der Waals surface area contributed by atoms with E-state index in [9.17, 15) is 0 Å². The van der Waals surface area contributed by atoms with E-state index in [1.165, 1.54) is 36.8 Å². The molecule has 3 unspecified atom stereocenters. The first-order valence-electron chi connectivity index (χ1n) is 7.59. The van der Waals surface area contributed by atoms with Crippen molar-refractivity contribution in [2.45, 2.75) is 58.2 Å². The third-order valence-corrected chi connectivity index (χ3v) is 4.28. The van der Waals surface area contributed by atoms with E-state index >= 15 is 0 Å². The molecular formula is C17H27NO. The first-order chi connectivity index (χ1) is 9.19. The maximum Gasteiger partial charge on any atom is 0.0720 e. The van der Waals surface area contributed by atoms with Gasteiger partial charge in [-0.1, -0.05) is 51.0 Å². The van der Waals surface area contributed by atoms with E-state index in [0.717, 1.165) is 12.5 Å². The van der Waals surface area contributed by atoms with Crippen molar-refractivity contribution < 1.29 is 4.74 Å². The van der Waals surface area contributed by atoms with Gasteiger partial charge in [-0.05, 0) is 42.3 Å². The SMILES string of the molecule is CC1CCCC(OCc2ccc(C(C)CN)cc2)C1. The van der Waals surface area contributed by atoms with E-state index in [1.54, 1.807) is 0 Å². The molecule has 2 heteroatoms. The van der Waals surface area contributed by atoms with Gasteiger partial charge in [0.15, 0.2) is 0 Å². The summed E-state index contributed by atoms with van der Waals surface area (Å²) in [5.74, 6) is 1.26. The summed E-state index contributed by atoms with van der Waals surface area (Å²) in [6, 6.07) is 8.71. The number of rotatable bonds is 5. The minimum atomic E-state index is 0.439. The van der Waals surface area contributed by atoms with Crippen molar-refractivity contribution in [2.75, 3.05) is 6.54 Å². The summed E-state index contributed by atoms with van der Waals surface area (Å²) >= 11 is 0. The molecule has 0 heterocycles. The third kappa shape index (κ3) is 4.32. The Morgan fingerprint density at radius 1 is 1.26 bits per heavy atom. The van der Waals surface area contributed by atoms with Crippen molar-refractivity contribution in [3.05, 3.63) is 35.4 Å². The van der Waals surface area contributed by atoms with E-state index in [0.29, 0.717) is 18.6 Å². The molecule has 1 fully saturated rings. The van der Waals surface area contributed by atoms with Crippen LogP contribution in [0.2, 0.25) is 0 Å². The Labute approximate surface area is 117 Å². The summed E-state index contributed by atoms with van der Waals surface area (Å²) in [5, 5.41) is 0. The van der Waals surface area contributed by atoms with Gasteiger partial charge in [-0.25, -0.2) is 0 Å². The molecule has 0 spiro atoms. The highest BCUT2D eigenvalue weighted by molar-refractivity contribution is 5.24. The minimum Gasteiger partial charge on any atom is -0.374 e. The molecule has 0 radical (unpaired) electrons. The predicted octanol–water partition coefficient (Wildman–Crippen LogP) is 3.84. The zero-order valence-corrected chi connectivity index (χ0v) is 12.3. The molecule has 3 atom stereocenters. The molecular weight excluding hydrogens is 234 g/mol. The van der Waals surface area contributed by atoms with Crippen molar-refractivity contribution in [3.63, 3.8) is 0 Å². The van der Waals surface area contributed by atoms with Crippen LogP contribution in [0, 0.1) is 5.92 Å². The van der Waals surface area contributed by atoms with Crippen LogP contribution in [0.25, 0.3) is 0 Å². The van der Waals surface area contributed by atoms with Crippen molar-refractivity contribution in [2.24, 2.45) is 11.7 Å². The smallest absolute Gasteiger partial charge is 0.0720 e. The van der Waals surface area contributed by atoms with Gasteiger partial charge in [0.1, 0.15) is 0 Å². The highest BCUT2D eigenvalue weighted by Crippen LogP contribution is 2.26. The minimum absolute atomic E-state index is 0.439. The standard InChI is InChI=1S/C17H27NO/c1-13-4-3-5-17(10-13)19-12-15-6-8-16(9-7-15)14(2)11-18/h6-9,13-14,17H,3-5,10-12,18H2,1-2H3. The number of nitrogens with two attached hydrogens (primary N) is 1. The predicted molar refractivity (Wildman–Crippen MR) is 80.1 cm³/mol. The van der Waals surface area contributed by atoms with Gasteiger partial charge in [0.05, 0.1) is 12.7 Å². The summed E-state index contributed by atoms with van der Waals surface area (Å²) < 4.78 is 6.04. The second-order valence-electron chi connectivity index (χ2n) is 6.08. The first kappa shape index (κ1) is 14.5. The molecule has 2 nitrogen and oxygen atoms in total. The Hall–Kier alpha value is -0.860. The summed E-state index contributed by atoms with van der Waals surface area (Å²) in [5.41, 5.74) is 8.27. The van der Waals surface area contributed by atoms with Gasteiger partial charge in [-0.2, -0.15) is 0 Å². The Morgan fingerprint density at radius 3 is 2.63 bits per heavy atom. The van der Waals surface area contributed by atoms with Crippen LogP contribution in [0.3, 0.4) is 0 Å². The molecule has 19 heavy (non-hydrogen) atoms. The molecule has 0 bridgehead atoms. The molecule has 2 rings (SSSR count). The Morgan fingerprint density at radius 2 is 2.00 bits per heavy atom. The maximum atomic E-state index is 6.04. The monoisotopic (exact) mass is 261 g/mol. The number of ether oxygens (including phenoxy) is 1. The van der Waals surface area contributed by atoms with Gasteiger partial charge >= 0.3 is 0 Å². The zero-order chi connectivity index (χ0) is 13.7. The second kappa shape index (κ2) is 7.06. The van der Waals surface area contributed by atoms with Crippen molar-refractivity contribution in [1.82, 2.24) is 0 Å². The highest BCUT2D eigenvalue weighted by atomic mass is 16.5. The second-order valence-corrected chi connectivity index (χ2v) is 6.08. The molecule has 0 amide bonds. The quantitative estimate of drug-likeness (QED) is 0.874. The van der Waals surface area contributed by atoms with Gasteiger partial charge in [0.25, 0.3) is 0 Å². The lowest BCUT2D eigenvalue weighted by molar-refractivity contribution is 0.00466. The van der Waals surface area contributed by atoms with Gasteiger partial charge in [-0.15, -0.1) is 0 Å². The van der Waals surface area contributed by atoms with Crippen LogP contribution in [0.4, 0.5) is 0 Å². The topological polar surface area (TPSA) is 35.2 Å². The van der Waals surface area contributed by atoms with Crippen LogP contribution in [0.1, 0.15) is 56.6 Å². The fourth-order valence-corrected chi connectivity index (χ4v) is 2.82. The van der Waals surface area contributed by atoms with Crippen molar-refractivity contribution in [3.8, 4) is 0 Å². The van der Waals surface area contributed by atoms with Crippen LogP contribution in [0.15, 0.2) is 24.3 Å². The third-order valence-electron chi connectivity index (χ3n) is 4.28. The molecule has 0 aromatic heterocycles.